The first-order valence-electron chi connectivity index (χ1n) is 7.67. The van der Waals surface area contributed by atoms with Crippen LogP contribution in [-0.2, 0) is 11.3 Å². The molecule has 0 saturated carbocycles. The predicted molar refractivity (Wildman–Crippen MR) is 87.4 cm³/mol. The van der Waals surface area contributed by atoms with E-state index in [4.69, 9.17) is 4.74 Å². The Kier molecular flexibility index (Phi) is 5.76. The van der Waals surface area contributed by atoms with Crippen molar-refractivity contribution in [2.24, 2.45) is 0 Å². The molecule has 1 aromatic carbocycles. The van der Waals surface area contributed by atoms with E-state index in [9.17, 15) is 9.90 Å². The number of likely N-dealkylation sites (N-methyl/N-ethyl adjacent to an activating group) is 1. The topological polar surface area (TPSA) is 78.5 Å². The lowest BCUT2D eigenvalue weighted by molar-refractivity contribution is -0.143. The summed E-state index contributed by atoms with van der Waals surface area (Å²) in [5.74, 6) is 0.538. The molecule has 0 aliphatic rings. The number of ether oxygens (including phenoxy) is 1. The van der Waals surface area contributed by atoms with Gasteiger partial charge in [-0.05, 0) is 38.1 Å². The number of carbonyl (C=O) groups is 1. The van der Waals surface area contributed by atoms with Crippen LogP contribution in [0.5, 0.6) is 5.75 Å². The Labute approximate surface area is 136 Å². The van der Waals surface area contributed by atoms with Crippen LogP contribution in [0.2, 0.25) is 0 Å². The molecule has 124 valence electrons. The third kappa shape index (κ3) is 4.56. The molecule has 0 unspecified atom stereocenters. The van der Waals surface area contributed by atoms with E-state index in [-0.39, 0.29) is 0 Å². The van der Waals surface area contributed by atoms with Crippen LogP contribution in [-0.4, -0.2) is 39.6 Å². The van der Waals surface area contributed by atoms with Crippen molar-refractivity contribution in [2.75, 3.05) is 13.7 Å². The lowest BCUT2D eigenvalue weighted by Crippen LogP contribution is -2.30. The highest BCUT2D eigenvalue weighted by Gasteiger charge is 2.25. The minimum absolute atomic E-state index is 0.421. The van der Waals surface area contributed by atoms with Crippen molar-refractivity contribution in [1.82, 2.24) is 14.9 Å². The van der Waals surface area contributed by atoms with E-state index < -0.39 is 12.0 Å². The molecule has 0 spiro atoms. The van der Waals surface area contributed by atoms with Crippen LogP contribution >= 0.6 is 0 Å². The number of imidazole rings is 1. The molecule has 0 bridgehead atoms. The molecule has 6 nitrogen and oxygen atoms in total. The maximum absolute atomic E-state index is 11.7. The fraction of sp³-hybridized carbons (Fsp3) is 0.412. The summed E-state index contributed by atoms with van der Waals surface area (Å²) in [5, 5.41) is 9.63. The number of H-pyrrole nitrogens is 1. The van der Waals surface area contributed by atoms with Crippen molar-refractivity contribution >= 4 is 5.97 Å². The Morgan fingerprint density at radius 2 is 2.26 bits per heavy atom. The first-order valence-corrected chi connectivity index (χ1v) is 7.67. The highest BCUT2D eigenvalue weighted by atomic mass is 16.5. The fourth-order valence-electron chi connectivity index (χ4n) is 2.45. The van der Waals surface area contributed by atoms with Gasteiger partial charge in [-0.25, -0.2) is 4.98 Å². The van der Waals surface area contributed by atoms with E-state index in [0.717, 1.165) is 17.9 Å². The monoisotopic (exact) mass is 317 g/mol. The molecule has 0 saturated heterocycles. The second-order valence-electron chi connectivity index (χ2n) is 5.59. The average Bonchev–Trinajstić information content (AvgIpc) is 2.90. The predicted octanol–water partition coefficient (Wildman–Crippen LogP) is 2.76. The number of aromatic nitrogens is 2. The normalized spacial score (nSPS) is 12.3. The third-order valence-corrected chi connectivity index (χ3v) is 3.48. The van der Waals surface area contributed by atoms with Crippen molar-refractivity contribution in [3.63, 3.8) is 0 Å². The molecule has 1 aromatic heterocycles. The molecule has 0 amide bonds. The fourth-order valence-corrected chi connectivity index (χ4v) is 2.45. The lowest BCUT2D eigenvalue weighted by atomic mass is 10.1. The SMILES string of the molecule is CCCOc1cccc([C@H](C(=O)O)N(C)Cc2ncc(C)[nH]2)c1. The Morgan fingerprint density at radius 3 is 2.87 bits per heavy atom. The molecule has 1 atom stereocenters. The van der Waals surface area contributed by atoms with Crippen molar-refractivity contribution in [2.45, 2.75) is 32.9 Å². The molecule has 0 fully saturated rings. The van der Waals surface area contributed by atoms with Crippen molar-refractivity contribution in [3.05, 3.63) is 47.5 Å². The minimum atomic E-state index is -0.900. The molecule has 0 radical (unpaired) electrons. The van der Waals surface area contributed by atoms with E-state index in [1.807, 2.05) is 32.0 Å². The summed E-state index contributed by atoms with van der Waals surface area (Å²) in [6, 6.07) is 6.50. The molecule has 1 heterocycles. The zero-order valence-electron chi connectivity index (χ0n) is 13.7. The van der Waals surface area contributed by atoms with Gasteiger partial charge in [-0.3, -0.25) is 9.69 Å². The van der Waals surface area contributed by atoms with E-state index in [0.29, 0.717) is 24.5 Å². The summed E-state index contributed by atoms with van der Waals surface area (Å²) in [7, 11) is 1.77. The van der Waals surface area contributed by atoms with E-state index >= 15 is 0 Å². The van der Waals surface area contributed by atoms with Gasteiger partial charge < -0.3 is 14.8 Å². The zero-order chi connectivity index (χ0) is 16.8. The molecule has 2 aromatic rings. The maximum atomic E-state index is 11.7. The number of rotatable bonds is 8. The van der Waals surface area contributed by atoms with E-state index in [1.165, 1.54) is 0 Å². The number of benzene rings is 1. The number of aliphatic carboxylic acids is 1. The minimum Gasteiger partial charge on any atom is -0.494 e. The summed E-state index contributed by atoms with van der Waals surface area (Å²) in [5.41, 5.74) is 1.65. The summed E-state index contributed by atoms with van der Waals surface area (Å²) in [6.07, 6.45) is 2.64. The Balaban J connectivity index is 2.18. The first-order chi connectivity index (χ1) is 11.0. The number of hydrogen-bond acceptors (Lipinski definition) is 4. The van der Waals surface area contributed by atoms with Gasteiger partial charge in [-0.15, -0.1) is 0 Å². The van der Waals surface area contributed by atoms with Crippen molar-refractivity contribution < 1.29 is 14.6 Å². The molecule has 23 heavy (non-hydrogen) atoms. The van der Waals surface area contributed by atoms with Gasteiger partial charge in [-0.1, -0.05) is 19.1 Å². The number of aromatic amines is 1. The van der Waals surface area contributed by atoms with Gasteiger partial charge in [0.05, 0.1) is 13.2 Å². The van der Waals surface area contributed by atoms with Gasteiger partial charge >= 0.3 is 5.97 Å². The number of aryl methyl sites for hydroxylation is 1. The number of hydrogen-bond donors (Lipinski definition) is 2. The van der Waals surface area contributed by atoms with Crippen LogP contribution in [0, 0.1) is 6.92 Å². The summed E-state index contributed by atoms with van der Waals surface area (Å²) in [4.78, 5) is 20.9. The van der Waals surface area contributed by atoms with Crippen LogP contribution in [0.15, 0.2) is 30.5 Å². The molecule has 0 aliphatic heterocycles. The van der Waals surface area contributed by atoms with Gasteiger partial charge in [0.1, 0.15) is 17.6 Å². The van der Waals surface area contributed by atoms with Crippen molar-refractivity contribution in [3.8, 4) is 5.75 Å². The smallest absolute Gasteiger partial charge is 0.325 e. The number of nitrogens with one attached hydrogen (secondary N) is 1. The summed E-state index contributed by atoms with van der Waals surface area (Å²) in [6.45, 7) is 4.98. The maximum Gasteiger partial charge on any atom is 0.325 e. The van der Waals surface area contributed by atoms with Gasteiger partial charge in [0.15, 0.2) is 0 Å². The third-order valence-electron chi connectivity index (χ3n) is 3.48. The van der Waals surface area contributed by atoms with E-state index in [2.05, 4.69) is 9.97 Å². The average molecular weight is 317 g/mol. The van der Waals surface area contributed by atoms with Crippen LogP contribution in [0.1, 0.15) is 36.5 Å². The van der Waals surface area contributed by atoms with Gasteiger partial charge in [0.25, 0.3) is 0 Å². The quantitative estimate of drug-likeness (QED) is 0.783. The van der Waals surface area contributed by atoms with E-state index in [1.54, 1.807) is 24.2 Å². The highest BCUT2D eigenvalue weighted by molar-refractivity contribution is 5.75. The van der Waals surface area contributed by atoms with Crippen LogP contribution in [0.3, 0.4) is 0 Å². The summed E-state index contributed by atoms with van der Waals surface area (Å²) >= 11 is 0. The van der Waals surface area contributed by atoms with Crippen molar-refractivity contribution in [1.29, 1.82) is 0 Å². The Morgan fingerprint density at radius 1 is 1.48 bits per heavy atom. The number of carboxylic acid groups (broad SMARTS) is 1. The molecular weight excluding hydrogens is 294 g/mol. The summed E-state index contributed by atoms with van der Waals surface area (Å²) < 4.78 is 5.60. The second-order valence-corrected chi connectivity index (χ2v) is 5.59. The Bertz CT molecular complexity index is 654. The zero-order valence-corrected chi connectivity index (χ0v) is 13.7. The molecule has 2 rings (SSSR count). The molecular formula is C17H23N3O3. The van der Waals surface area contributed by atoms with Crippen LogP contribution in [0.25, 0.3) is 0 Å². The van der Waals surface area contributed by atoms with Crippen LogP contribution < -0.4 is 4.74 Å². The molecule has 0 aliphatic carbocycles. The first kappa shape index (κ1) is 17.0. The second kappa shape index (κ2) is 7.78. The number of nitrogens with zero attached hydrogens (tertiary/aromatic N) is 2. The van der Waals surface area contributed by atoms with Crippen LogP contribution in [0.4, 0.5) is 0 Å². The largest absolute Gasteiger partial charge is 0.494 e. The van der Waals surface area contributed by atoms with Gasteiger partial charge in [0.2, 0.25) is 0 Å². The highest BCUT2D eigenvalue weighted by Crippen LogP contribution is 2.25. The van der Waals surface area contributed by atoms with Gasteiger partial charge in [0, 0.05) is 11.9 Å². The Hall–Kier alpha value is -2.34. The molecule has 2 N–H and O–H groups in total. The lowest BCUT2D eigenvalue weighted by Gasteiger charge is -2.24. The number of carboxylic acids is 1. The standard InChI is InChI=1S/C17H23N3O3/c1-4-8-23-14-7-5-6-13(9-14)16(17(21)22)20(3)11-15-18-10-12(2)19-15/h5-7,9-10,16H,4,8,11H2,1-3H3,(H,18,19)(H,21,22)/t16-/m1/s1. The van der Waals surface area contributed by atoms with Gasteiger partial charge in [-0.2, -0.15) is 0 Å². The molecule has 6 heteroatoms.